The van der Waals surface area contributed by atoms with Crippen molar-refractivity contribution in [3.05, 3.63) is 0 Å². The van der Waals surface area contributed by atoms with Crippen LogP contribution in [0.15, 0.2) is 0 Å². The molecule has 4 N–H and O–H groups in total. The van der Waals surface area contributed by atoms with Gasteiger partial charge in [0.1, 0.15) is 31.8 Å². The number of carbonyl (C=O) groups is 1. The van der Waals surface area contributed by atoms with Crippen LogP contribution in [0.1, 0.15) is 6.92 Å². The molecule has 0 aliphatic rings. The van der Waals surface area contributed by atoms with Gasteiger partial charge < -0.3 is 25.2 Å². The highest BCUT2D eigenvalue weighted by Gasteiger charge is 2.38. The van der Waals surface area contributed by atoms with Gasteiger partial charge in [0.05, 0.1) is 6.10 Å². The first-order valence-corrected chi connectivity index (χ1v) is 8.35. The molecule has 4 atom stereocenters. The fourth-order valence-corrected chi connectivity index (χ4v) is 2.13. The Bertz CT molecular complexity index is 223. The Morgan fingerprint density at radius 2 is 1.40 bits per heavy atom. The molecule has 0 bridgehead atoms. The van der Waals surface area contributed by atoms with Crippen LogP contribution in [0.5, 0.6) is 0 Å². The summed E-state index contributed by atoms with van der Waals surface area (Å²) in [6, 6.07) is 0. The molecule has 0 saturated carbocycles. The average Bonchev–Trinajstić information content (AvgIpc) is 2.11. The van der Waals surface area contributed by atoms with Crippen LogP contribution in [0.2, 0.25) is 19.6 Å². The summed E-state index contributed by atoms with van der Waals surface area (Å²) in [5.41, 5.74) is 0. The van der Waals surface area contributed by atoms with Gasteiger partial charge in [-0.25, -0.2) is 0 Å². The third kappa shape index (κ3) is 4.00. The normalized spacial score (nSPS) is 20.5. The van der Waals surface area contributed by atoms with E-state index in [0.717, 1.165) is 0 Å². The highest BCUT2D eigenvalue weighted by molar-refractivity contribution is 7.04. The Hall–Kier alpha value is -0.273. The maximum atomic E-state index is 11.6. The zero-order chi connectivity index (χ0) is 12.4. The van der Waals surface area contributed by atoms with E-state index >= 15 is 0 Å². The molecule has 0 rings (SSSR count). The maximum Gasteiger partial charge on any atom is 0.141 e. The van der Waals surface area contributed by atoms with E-state index in [0.29, 0.717) is 0 Å². The lowest BCUT2D eigenvalue weighted by molar-refractivity contribution is -0.137. The first kappa shape index (κ1) is 14.7. The topological polar surface area (TPSA) is 98.0 Å². The Labute approximate surface area is 90.4 Å². The minimum atomic E-state index is -2.21. The van der Waals surface area contributed by atoms with Crippen molar-refractivity contribution in [3.8, 4) is 0 Å². The van der Waals surface area contributed by atoms with Gasteiger partial charge in [-0.2, -0.15) is 0 Å². The monoisotopic (exact) mass is 236 g/mol. The summed E-state index contributed by atoms with van der Waals surface area (Å²) in [5, 5.41) is 36.8. The third-order valence-electron chi connectivity index (χ3n) is 2.18. The van der Waals surface area contributed by atoms with Gasteiger partial charge in [-0.05, 0) is 6.92 Å². The van der Waals surface area contributed by atoms with Crippen LogP contribution in [-0.4, -0.2) is 58.3 Å². The number of carbonyl (C=O) groups excluding carboxylic acids is 1. The lowest BCUT2D eigenvalue weighted by atomic mass is 10.1. The van der Waals surface area contributed by atoms with Crippen LogP contribution in [0.4, 0.5) is 0 Å². The number of hydrogen-bond donors (Lipinski definition) is 4. The average molecular weight is 236 g/mol. The number of hydrogen-bond acceptors (Lipinski definition) is 5. The van der Waals surface area contributed by atoms with Crippen molar-refractivity contribution < 1.29 is 25.2 Å². The number of aliphatic hydroxyl groups is 4. The molecule has 6 heteroatoms. The fourth-order valence-electron chi connectivity index (χ4n) is 1.07. The standard InChI is InChI=1S/C9H20O5Si/c1-5(10)6(11)7(12)8(13)9(14)15(2,3)4/h5-8,10-13H,1-4H3/t5-,6-,7+,8+/m1/s1. The predicted molar refractivity (Wildman–Crippen MR) is 58.1 cm³/mol. The zero-order valence-corrected chi connectivity index (χ0v) is 10.5. The van der Waals surface area contributed by atoms with E-state index in [1.165, 1.54) is 6.92 Å². The van der Waals surface area contributed by atoms with E-state index in [4.69, 9.17) is 5.11 Å². The molecule has 0 aromatic carbocycles. The van der Waals surface area contributed by atoms with E-state index in [2.05, 4.69) is 0 Å². The fraction of sp³-hybridized carbons (Fsp3) is 0.889. The Morgan fingerprint density at radius 1 is 1.00 bits per heavy atom. The van der Waals surface area contributed by atoms with Crippen LogP contribution in [-0.2, 0) is 4.79 Å². The van der Waals surface area contributed by atoms with Gasteiger partial charge >= 0.3 is 0 Å². The summed E-state index contributed by atoms with van der Waals surface area (Å²) in [6.07, 6.45) is -5.96. The van der Waals surface area contributed by atoms with Gasteiger partial charge in [0.15, 0.2) is 0 Å². The van der Waals surface area contributed by atoms with Crippen molar-refractivity contribution in [2.24, 2.45) is 0 Å². The van der Waals surface area contributed by atoms with E-state index in [9.17, 15) is 20.1 Å². The van der Waals surface area contributed by atoms with Crippen molar-refractivity contribution in [3.63, 3.8) is 0 Å². The first-order chi connectivity index (χ1) is 6.59. The minimum Gasteiger partial charge on any atom is -0.391 e. The molecule has 0 aromatic heterocycles. The van der Waals surface area contributed by atoms with E-state index in [1.54, 1.807) is 19.6 Å². The van der Waals surface area contributed by atoms with Crippen molar-refractivity contribution in [2.75, 3.05) is 0 Å². The predicted octanol–water partition coefficient (Wildman–Crippen LogP) is -1.10. The summed E-state index contributed by atoms with van der Waals surface area (Å²) >= 11 is 0. The molecule has 90 valence electrons. The molecule has 0 aliphatic heterocycles. The smallest absolute Gasteiger partial charge is 0.141 e. The second-order valence-corrected chi connectivity index (χ2v) is 9.77. The van der Waals surface area contributed by atoms with Crippen molar-refractivity contribution >= 4 is 13.5 Å². The van der Waals surface area contributed by atoms with Crippen LogP contribution >= 0.6 is 0 Å². The molecule has 0 aromatic rings. The minimum absolute atomic E-state index is 0.435. The molecule has 0 amide bonds. The largest absolute Gasteiger partial charge is 0.391 e. The summed E-state index contributed by atoms with van der Waals surface area (Å²) in [4.78, 5) is 11.6. The highest BCUT2D eigenvalue weighted by Crippen LogP contribution is 2.12. The molecule has 0 spiro atoms. The van der Waals surface area contributed by atoms with Crippen LogP contribution in [0, 0.1) is 0 Å². The van der Waals surface area contributed by atoms with Gasteiger partial charge in [0, 0.05) is 0 Å². The van der Waals surface area contributed by atoms with E-state index < -0.39 is 37.9 Å². The molecule has 0 aliphatic carbocycles. The molecule has 0 unspecified atom stereocenters. The second-order valence-electron chi connectivity index (χ2n) is 4.78. The number of aliphatic hydroxyl groups excluding tert-OH is 4. The van der Waals surface area contributed by atoms with Crippen molar-refractivity contribution in [1.82, 2.24) is 0 Å². The summed E-state index contributed by atoms with van der Waals surface area (Å²) in [6.45, 7) is 6.49. The molecule has 0 heterocycles. The van der Waals surface area contributed by atoms with Gasteiger partial charge in [0.25, 0.3) is 0 Å². The highest BCUT2D eigenvalue weighted by atomic mass is 28.3. The quantitative estimate of drug-likeness (QED) is 0.454. The van der Waals surface area contributed by atoms with Gasteiger partial charge in [-0.1, -0.05) is 19.6 Å². The summed E-state index contributed by atoms with van der Waals surface area (Å²) < 4.78 is 0. The van der Waals surface area contributed by atoms with Crippen LogP contribution < -0.4 is 0 Å². The Morgan fingerprint density at radius 3 is 1.67 bits per heavy atom. The van der Waals surface area contributed by atoms with Crippen molar-refractivity contribution in [1.29, 1.82) is 0 Å². The first-order valence-electron chi connectivity index (χ1n) is 4.85. The summed E-state index contributed by atoms with van der Waals surface area (Å²) in [5.74, 6) is 0. The molecule has 0 fully saturated rings. The SMILES string of the molecule is C[C@@H](O)[C@@H](O)[C@H](O)[C@H](O)C(=O)[Si](C)(C)C. The third-order valence-corrected chi connectivity index (χ3v) is 3.95. The molecule has 15 heavy (non-hydrogen) atoms. The van der Waals surface area contributed by atoms with E-state index in [-0.39, 0.29) is 0 Å². The summed E-state index contributed by atoms with van der Waals surface area (Å²) in [7, 11) is -2.21. The van der Waals surface area contributed by atoms with Crippen LogP contribution in [0.25, 0.3) is 0 Å². The lowest BCUT2D eigenvalue weighted by Crippen LogP contribution is -2.53. The molecular formula is C9H20O5Si. The van der Waals surface area contributed by atoms with Crippen molar-refractivity contribution in [2.45, 2.75) is 51.0 Å². The molecule has 5 nitrogen and oxygen atoms in total. The van der Waals surface area contributed by atoms with Gasteiger partial charge in [-0.15, -0.1) is 0 Å². The molecule has 0 radical (unpaired) electrons. The van der Waals surface area contributed by atoms with Crippen LogP contribution in [0.3, 0.4) is 0 Å². The molecule has 0 saturated heterocycles. The Kier molecular flexibility index (Phi) is 5.08. The lowest BCUT2D eigenvalue weighted by Gasteiger charge is -2.27. The second kappa shape index (κ2) is 5.18. The zero-order valence-electron chi connectivity index (χ0n) is 9.51. The number of rotatable bonds is 5. The van der Waals surface area contributed by atoms with E-state index in [1.807, 2.05) is 0 Å². The molecular weight excluding hydrogens is 216 g/mol. The van der Waals surface area contributed by atoms with Gasteiger partial charge in [-0.3, -0.25) is 0 Å². The van der Waals surface area contributed by atoms with Gasteiger partial charge in [0.2, 0.25) is 0 Å². The Balaban J connectivity index is 4.58. The maximum absolute atomic E-state index is 11.6.